The van der Waals surface area contributed by atoms with Gasteiger partial charge < -0.3 is 10.7 Å². The number of para-hydroxylation sites is 1. The molecule has 2 nitrogen and oxygen atoms in total. The van der Waals surface area contributed by atoms with Crippen LogP contribution in [0.5, 0.6) is 0 Å². The number of hydrogen-bond donors (Lipinski definition) is 2. The molecule has 4 rings (SSSR count). The molecule has 1 heterocycles. The summed E-state index contributed by atoms with van der Waals surface area (Å²) in [6.45, 7) is 0. The molecule has 0 spiro atoms. The Morgan fingerprint density at radius 3 is 2.55 bits per heavy atom. The maximum absolute atomic E-state index is 8.41. The fourth-order valence-electron chi connectivity index (χ4n) is 3.31. The molecule has 108 valence electrons. The third-order valence-corrected chi connectivity index (χ3v) is 4.34. The first-order valence-electron chi connectivity index (χ1n) is 7.77. The zero-order valence-electron chi connectivity index (χ0n) is 12.4. The Bertz CT molecular complexity index is 797. The first kappa shape index (κ1) is 13.1. The molecular formula is C20H18N2. The van der Waals surface area contributed by atoms with E-state index in [1.54, 1.807) is 0 Å². The van der Waals surface area contributed by atoms with Gasteiger partial charge in [-0.2, -0.15) is 0 Å². The van der Waals surface area contributed by atoms with Crippen LogP contribution >= 0.6 is 0 Å². The molecule has 0 saturated carbocycles. The summed E-state index contributed by atoms with van der Waals surface area (Å²) < 4.78 is 0. The lowest BCUT2D eigenvalue weighted by atomic mass is 9.82. The van der Waals surface area contributed by atoms with Gasteiger partial charge in [-0.15, -0.1) is 0 Å². The van der Waals surface area contributed by atoms with Gasteiger partial charge in [0.1, 0.15) is 0 Å². The molecule has 0 bridgehead atoms. The van der Waals surface area contributed by atoms with Crippen LogP contribution in [-0.2, 0) is 0 Å². The minimum Gasteiger partial charge on any atom is -0.358 e. The highest BCUT2D eigenvalue weighted by molar-refractivity contribution is 6.18. The summed E-state index contributed by atoms with van der Waals surface area (Å²) in [5.74, 6) is 0. The van der Waals surface area contributed by atoms with Gasteiger partial charge in [0.2, 0.25) is 0 Å². The monoisotopic (exact) mass is 286 g/mol. The molecule has 0 fully saturated rings. The van der Waals surface area contributed by atoms with E-state index in [4.69, 9.17) is 5.41 Å². The highest BCUT2D eigenvalue weighted by Gasteiger charge is 2.27. The molecule has 22 heavy (non-hydrogen) atoms. The van der Waals surface area contributed by atoms with Crippen molar-refractivity contribution in [2.75, 3.05) is 5.32 Å². The number of allylic oxidation sites excluding steroid dienone is 3. The van der Waals surface area contributed by atoms with Gasteiger partial charge in [-0.25, -0.2) is 0 Å². The molecule has 0 radical (unpaired) electrons. The van der Waals surface area contributed by atoms with Gasteiger partial charge in [-0.1, -0.05) is 48.5 Å². The zero-order valence-corrected chi connectivity index (χ0v) is 12.4. The maximum atomic E-state index is 8.41. The van der Waals surface area contributed by atoms with Crippen LogP contribution in [0, 0.1) is 5.41 Å². The van der Waals surface area contributed by atoms with E-state index in [2.05, 4.69) is 59.9 Å². The standard InChI is InChI=1S/C20H18N2/c21-17-10-6-12-19-20(17)16(13-14-7-2-1-3-8-14)15-9-4-5-11-18(15)22-19/h1-5,7-9,11,13,21-22H,6,10,12H2. The summed E-state index contributed by atoms with van der Waals surface area (Å²) in [6, 6.07) is 18.8. The SMILES string of the molecule is N=C1CCCC2=C1C(=Cc1ccccc1)c1ccccc1N2. The first-order valence-corrected chi connectivity index (χ1v) is 7.77. The van der Waals surface area contributed by atoms with Crippen LogP contribution in [0.3, 0.4) is 0 Å². The van der Waals surface area contributed by atoms with Gasteiger partial charge in [0.25, 0.3) is 0 Å². The van der Waals surface area contributed by atoms with Crippen molar-refractivity contribution in [2.24, 2.45) is 0 Å². The van der Waals surface area contributed by atoms with Crippen molar-refractivity contribution in [3.8, 4) is 0 Å². The molecule has 2 N–H and O–H groups in total. The average molecular weight is 286 g/mol. The molecule has 0 amide bonds. The molecule has 1 aliphatic heterocycles. The minimum absolute atomic E-state index is 0.755. The van der Waals surface area contributed by atoms with Gasteiger partial charge >= 0.3 is 0 Å². The van der Waals surface area contributed by atoms with Crippen molar-refractivity contribution in [1.29, 1.82) is 5.41 Å². The van der Waals surface area contributed by atoms with E-state index in [9.17, 15) is 0 Å². The summed E-state index contributed by atoms with van der Waals surface area (Å²) >= 11 is 0. The molecule has 2 aromatic rings. The smallest absolute Gasteiger partial charge is 0.0461 e. The number of hydrogen-bond acceptors (Lipinski definition) is 2. The van der Waals surface area contributed by atoms with Crippen molar-refractivity contribution >= 4 is 23.0 Å². The van der Waals surface area contributed by atoms with E-state index in [0.29, 0.717) is 0 Å². The van der Waals surface area contributed by atoms with Gasteiger partial charge in [0, 0.05) is 28.2 Å². The predicted molar refractivity (Wildman–Crippen MR) is 93.0 cm³/mol. The van der Waals surface area contributed by atoms with E-state index in [0.717, 1.165) is 36.2 Å². The van der Waals surface area contributed by atoms with Crippen molar-refractivity contribution in [3.05, 3.63) is 77.0 Å². The van der Waals surface area contributed by atoms with E-state index < -0.39 is 0 Å². The molecule has 2 aromatic carbocycles. The van der Waals surface area contributed by atoms with Crippen LogP contribution in [-0.4, -0.2) is 5.71 Å². The summed E-state index contributed by atoms with van der Waals surface area (Å²) in [4.78, 5) is 0. The molecule has 2 aliphatic rings. The number of anilines is 1. The Kier molecular flexibility index (Phi) is 3.15. The van der Waals surface area contributed by atoms with Crippen molar-refractivity contribution in [3.63, 3.8) is 0 Å². The van der Waals surface area contributed by atoms with Crippen LogP contribution in [0.4, 0.5) is 5.69 Å². The lowest BCUT2D eigenvalue weighted by Gasteiger charge is -2.30. The van der Waals surface area contributed by atoms with E-state index in [1.807, 2.05) is 6.07 Å². The zero-order chi connectivity index (χ0) is 14.9. The van der Waals surface area contributed by atoms with E-state index in [-0.39, 0.29) is 0 Å². The van der Waals surface area contributed by atoms with Gasteiger partial charge in [-0.3, -0.25) is 0 Å². The van der Waals surface area contributed by atoms with Gasteiger partial charge in [0.15, 0.2) is 0 Å². The van der Waals surface area contributed by atoms with Crippen LogP contribution in [0.2, 0.25) is 0 Å². The van der Waals surface area contributed by atoms with Crippen LogP contribution in [0.1, 0.15) is 30.4 Å². The minimum atomic E-state index is 0.755. The van der Waals surface area contributed by atoms with Crippen LogP contribution in [0.15, 0.2) is 65.9 Å². The Hall–Kier alpha value is -2.61. The molecular weight excluding hydrogens is 268 g/mol. The van der Waals surface area contributed by atoms with Gasteiger partial charge in [-0.05, 0) is 42.5 Å². The fourth-order valence-corrected chi connectivity index (χ4v) is 3.31. The summed E-state index contributed by atoms with van der Waals surface area (Å²) in [6.07, 6.45) is 5.17. The first-order chi connectivity index (χ1) is 10.8. The fraction of sp³-hybridized carbons (Fsp3) is 0.150. The third kappa shape index (κ3) is 2.17. The molecule has 2 heteroatoms. The number of fused-ring (bicyclic) bond motifs is 1. The highest BCUT2D eigenvalue weighted by Crippen LogP contribution is 2.41. The largest absolute Gasteiger partial charge is 0.358 e. The Balaban J connectivity index is 1.94. The van der Waals surface area contributed by atoms with Gasteiger partial charge in [0.05, 0.1) is 0 Å². The number of rotatable bonds is 1. The quantitative estimate of drug-likeness (QED) is 0.750. The van der Waals surface area contributed by atoms with Crippen LogP contribution in [0.25, 0.3) is 11.6 Å². The number of nitrogens with one attached hydrogen (secondary N) is 2. The second-order valence-electron chi connectivity index (χ2n) is 5.82. The topological polar surface area (TPSA) is 35.9 Å². The Morgan fingerprint density at radius 1 is 0.909 bits per heavy atom. The lowest BCUT2D eigenvalue weighted by Crippen LogP contribution is -2.21. The molecule has 1 aliphatic carbocycles. The summed E-state index contributed by atoms with van der Waals surface area (Å²) in [5, 5.41) is 12.0. The average Bonchev–Trinajstić information content (AvgIpc) is 2.56. The second-order valence-corrected chi connectivity index (χ2v) is 5.82. The van der Waals surface area contributed by atoms with Crippen molar-refractivity contribution in [2.45, 2.75) is 19.3 Å². The summed E-state index contributed by atoms with van der Waals surface area (Å²) in [7, 11) is 0. The normalized spacial score (nSPS) is 18.7. The molecule has 0 atom stereocenters. The van der Waals surface area contributed by atoms with Crippen molar-refractivity contribution in [1.82, 2.24) is 0 Å². The molecule has 0 aromatic heterocycles. The summed E-state index contributed by atoms with van der Waals surface area (Å²) in [5.41, 5.74) is 7.77. The Labute approximate surface area is 130 Å². The van der Waals surface area contributed by atoms with E-state index >= 15 is 0 Å². The molecule has 0 unspecified atom stereocenters. The predicted octanol–water partition coefficient (Wildman–Crippen LogP) is 5.11. The Morgan fingerprint density at radius 2 is 1.68 bits per heavy atom. The van der Waals surface area contributed by atoms with E-state index in [1.165, 1.54) is 22.4 Å². The highest BCUT2D eigenvalue weighted by atomic mass is 14.9. The van der Waals surface area contributed by atoms with Crippen LogP contribution < -0.4 is 5.32 Å². The molecule has 0 saturated heterocycles. The number of benzene rings is 2. The maximum Gasteiger partial charge on any atom is 0.0461 e. The van der Waals surface area contributed by atoms with Crippen molar-refractivity contribution < 1.29 is 0 Å². The second kappa shape index (κ2) is 5.30. The lowest BCUT2D eigenvalue weighted by molar-refractivity contribution is 0.826. The third-order valence-electron chi connectivity index (χ3n) is 4.34.